The maximum atomic E-state index is 13.1. The molecule has 0 bridgehead atoms. The van der Waals surface area contributed by atoms with Crippen LogP contribution >= 0.6 is 0 Å². The topological polar surface area (TPSA) is 38.2 Å². The van der Waals surface area contributed by atoms with Crippen LogP contribution in [-0.2, 0) is 4.84 Å². The van der Waals surface area contributed by atoms with E-state index >= 15 is 0 Å². The summed E-state index contributed by atoms with van der Waals surface area (Å²) < 4.78 is 39.0. The predicted molar refractivity (Wildman–Crippen MR) is 62.1 cm³/mol. The zero-order chi connectivity index (χ0) is 13.8. The molecule has 0 fully saturated rings. The molecule has 0 aliphatic rings. The highest BCUT2D eigenvalue weighted by molar-refractivity contribution is 5.53. The number of rotatable bonds is 4. The van der Waals surface area contributed by atoms with Crippen molar-refractivity contribution in [1.82, 2.24) is 9.97 Å². The fraction of sp³-hybridized carbons (Fsp3) is 0.167. The van der Waals surface area contributed by atoms with Gasteiger partial charge in [0, 0.05) is 0 Å². The Morgan fingerprint density at radius 1 is 1.05 bits per heavy atom. The molecule has 2 rings (SSSR count). The molecular formula is C12H10F3N3O. The molecule has 1 aromatic carbocycles. The molecule has 0 atom stereocenters. The first-order chi connectivity index (χ1) is 9.13. The van der Waals surface area contributed by atoms with Gasteiger partial charge >= 0.3 is 0 Å². The SMILES string of the molecule is CCON(c1ccccc1)c1nc(F)c(F)c(F)n1. The standard InChI is InChI=1S/C12H10F3N3O/c1-2-19-18(8-6-4-3-5-7-8)12-16-10(14)9(13)11(15)17-12/h3-7H,2H2,1H3. The first-order valence-electron chi connectivity index (χ1n) is 5.50. The number of para-hydroxylation sites is 1. The van der Waals surface area contributed by atoms with Crippen LogP contribution in [0.4, 0.5) is 24.8 Å². The normalized spacial score (nSPS) is 10.5. The summed E-state index contributed by atoms with van der Waals surface area (Å²) in [4.78, 5) is 11.7. The van der Waals surface area contributed by atoms with Gasteiger partial charge in [-0.3, -0.25) is 4.84 Å². The molecule has 1 heterocycles. The van der Waals surface area contributed by atoms with Crippen LogP contribution in [0.1, 0.15) is 6.92 Å². The number of aromatic nitrogens is 2. The number of halogens is 3. The molecule has 0 unspecified atom stereocenters. The molecule has 0 saturated heterocycles. The van der Waals surface area contributed by atoms with Gasteiger partial charge in [0.25, 0.3) is 17.8 Å². The Labute approximate surface area is 107 Å². The summed E-state index contributed by atoms with van der Waals surface area (Å²) >= 11 is 0. The number of nitrogens with zero attached hydrogens (tertiary/aromatic N) is 3. The molecule has 0 radical (unpaired) electrons. The Bertz CT molecular complexity index is 542. The molecule has 19 heavy (non-hydrogen) atoms. The van der Waals surface area contributed by atoms with Crippen LogP contribution in [0.15, 0.2) is 30.3 Å². The van der Waals surface area contributed by atoms with Crippen LogP contribution in [0.25, 0.3) is 0 Å². The largest absolute Gasteiger partial charge is 0.266 e. The summed E-state index contributed by atoms with van der Waals surface area (Å²) in [6.07, 6.45) is 0. The smallest absolute Gasteiger partial charge is 0.260 e. The third kappa shape index (κ3) is 2.82. The fourth-order valence-corrected chi connectivity index (χ4v) is 1.41. The van der Waals surface area contributed by atoms with E-state index in [0.29, 0.717) is 5.69 Å². The Morgan fingerprint density at radius 2 is 1.63 bits per heavy atom. The molecule has 0 saturated carbocycles. The van der Waals surface area contributed by atoms with Crippen LogP contribution in [0.3, 0.4) is 0 Å². The third-order valence-electron chi connectivity index (χ3n) is 2.19. The molecule has 2 aromatic rings. The van der Waals surface area contributed by atoms with Crippen LogP contribution in [0, 0.1) is 17.7 Å². The van der Waals surface area contributed by atoms with E-state index in [2.05, 4.69) is 9.97 Å². The molecule has 0 N–H and O–H groups in total. The molecule has 0 amide bonds. The predicted octanol–water partition coefficient (Wildman–Crippen LogP) is 2.98. The Balaban J connectivity index is 2.45. The summed E-state index contributed by atoms with van der Waals surface area (Å²) in [7, 11) is 0. The molecular weight excluding hydrogens is 259 g/mol. The summed E-state index contributed by atoms with van der Waals surface area (Å²) in [6, 6.07) is 8.45. The Morgan fingerprint density at radius 3 is 2.16 bits per heavy atom. The van der Waals surface area contributed by atoms with Gasteiger partial charge in [-0.1, -0.05) is 18.2 Å². The van der Waals surface area contributed by atoms with Crippen molar-refractivity contribution >= 4 is 11.6 Å². The van der Waals surface area contributed by atoms with Crippen molar-refractivity contribution in [1.29, 1.82) is 0 Å². The highest BCUT2D eigenvalue weighted by atomic mass is 19.2. The molecule has 0 aliphatic carbocycles. The van der Waals surface area contributed by atoms with Crippen molar-refractivity contribution in [3.63, 3.8) is 0 Å². The van der Waals surface area contributed by atoms with Gasteiger partial charge in [0.05, 0.1) is 12.3 Å². The number of hydrogen-bond acceptors (Lipinski definition) is 4. The van der Waals surface area contributed by atoms with Gasteiger partial charge < -0.3 is 0 Å². The maximum absolute atomic E-state index is 13.1. The number of hydrogen-bond donors (Lipinski definition) is 0. The average Bonchev–Trinajstić information content (AvgIpc) is 2.42. The second-order valence-electron chi connectivity index (χ2n) is 3.47. The number of benzene rings is 1. The average molecular weight is 269 g/mol. The Kier molecular flexibility index (Phi) is 3.96. The second kappa shape index (κ2) is 5.66. The van der Waals surface area contributed by atoms with Gasteiger partial charge in [-0.2, -0.15) is 28.2 Å². The van der Waals surface area contributed by atoms with Crippen molar-refractivity contribution < 1.29 is 18.0 Å². The van der Waals surface area contributed by atoms with E-state index < -0.39 is 23.7 Å². The van der Waals surface area contributed by atoms with E-state index in [1.54, 1.807) is 37.3 Å². The molecule has 0 aliphatic heterocycles. The van der Waals surface area contributed by atoms with Gasteiger partial charge in [0.2, 0.25) is 5.82 Å². The second-order valence-corrected chi connectivity index (χ2v) is 3.47. The van der Waals surface area contributed by atoms with Crippen LogP contribution in [-0.4, -0.2) is 16.6 Å². The minimum Gasteiger partial charge on any atom is -0.266 e. The number of anilines is 2. The van der Waals surface area contributed by atoms with E-state index in [-0.39, 0.29) is 6.61 Å². The van der Waals surface area contributed by atoms with Crippen molar-refractivity contribution in [2.24, 2.45) is 0 Å². The minimum atomic E-state index is -1.71. The van der Waals surface area contributed by atoms with Crippen LogP contribution in [0.2, 0.25) is 0 Å². The van der Waals surface area contributed by atoms with Gasteiger partial charge in [-0.05, 0) is 19.1 Å². The van der Waals surface area contributed by atoms with Gasteiger partial charge in [-0.15, -0.1) is 0 Å². The van der Waals surface area contributed by atoms with Crippen LogP contribution < -0.4 is 5.06 Å². The summed E-state index contributed by atoms with van der Waals surface area (Å²) in [5.41, 5.74) is 0.467. The summed E-state index contributed by atoms with van der Waals surface area (Å²) in [6.45, 7) is 1.91. The van der Waals surface area contributed by atoms with Crippen molar-refractivity contribution in [3.8, 4) is 0 Å². The van der Waals surface area contributed by atoms with Crippen molar-refractivity contribution in [3.05, 3.63) is 48.0 Å². The van der Waals surface area contributed by atoms with Crippen molar-refractivity contribution in [2.75, 3.05) is 11.7 Å². The lowest BCUT2D eigenvalue weighted by atomic mass is 10.3. The molecule has 4 nitrogen and oxygen atoms in total. The molecule has 100 valence electrons. The van der Waals surface area contributed by atoms with Crippen molar-refractivity contribution in [2.45, 2.75) is 6.92 Å². The van der Waals surface area contributed by atoms with E-state index in [9.17, 15) is 13.2 Å². The van der Waals surface area contributed by atoms with Gasteiger partial charge in [0.1, 0.15) is 0 Å². The molecule has 1 aromatic heterocycles. The third-order valence-corrected chi connectivity index (χ3v) is 2.19. The fourth-order valence-electron chi connectivity index (χ4n) is 1.41. The van der Waals surface area contributed by atoms with Crippen LogP contribution in [0.5, 0.6) is 0 Å². The molecule has 0 spiro atoms. The Hall–Kier alpha value is -2.15. The van der Waals surface area contributed by atoms with Gasteiger partial charge in [0.15, 0.2) is 0 Å². The van der Waals surface area contributed by atoms with E-state index in [4.69, 9.17) is 4.84 Å². The first-order valence-corrected chi connectivity index (χ1v) is 5.50. The highest BCUT2D eigenvalue weighted by Gasteiger charge is 2.19. The zero-order valence-electron chi connectivity index (χ0n) is 9.98. The lowest BCUT2D eigenvalue weighted by molar-refractivity contribution is 0.144. The van der Waals surface area contributed by atoms with E-state index in [1.807, 2.05) is 0 Å². The lowest BCUT2D eigenvalue weighted by Gasteiger charge is -2.20. The zero-order valence-corrected chi connectivity index (χ0v) is 9.98. The van der Waals surface area contributed by atoms with E-state index in [1.165, 1.54) is 0 Å². The minimum absolute atomic E-state index is 0.221. The lowest BCUT2D eigenvalue weighted by Crippen LogP contribution is -2.21. The highest BCUT2D eigenvalue weighted by Crippen LogP contribution is 2.23. The maximum Gasteiger partial charge on any atom is 0.260 e. The monoisotopic (exact) mass is 269 g/mol. The molecule has 7 heteroatoms. The van der Waals surface area contributed by atoms with E-state index in [0.717, 1.165) is 5.06 Å². The quantitative estimate of drug-likeness (QED) is 0.631. The van der Waals surface area contributed by atoms with Gasteiger partial charge in [-0.25, -0.2) is 0 Å². The summed E-state index contributed by atoms with van der Waals surface area (Å²) in [5.74, 6) is -5.26. The first kappa shape index (κ1) is 13.3. The summed E-state index contributed by atoms with van der Waals surface area (Å²) in [5, 5.41) is 1.03.